The van der Waals surface area contributed by atoms with Gasteiger partial charge in [-0.1, -0.05) is 48.6 Å². The van der Waals surface area contributed by atoms with Crippen LogP contribution in [0, 0.1) is 0 Å². The highest BCUT2D eigenvalue weighted by atomic mass is 16.5. The molecule has 28 heavy (non-hydrogen) atoms. The van der Waals surface area contributed by atoms with E-state index in [1.807, 2.05) is 35.0 Å². The summed E-state index contributed by atoms with van der Waals surface area (Å²) in [6.07, 6.45) is 7.75. The zero-order chi connectivity index (χ0) is 19.8. The normalized spacial score (nSPS) is 12.4. The molecule has 1 aromatic heterocycles. The van der Waals surface area contributed by atoms with Crippen molar-refractivity contribution >= 4 is 6.08 Å². The first-order chi connectivity index (χ1) is 13.7. The van der Waals surface area contributed by atoms with Gasteiger partial charge in [0, 0.05) is 32.0 Å². The zero-order valence-corrected chi connectivity index (χ0v) is 16.0. The maximum atomic E-state index is 9.69. The lowest BCUT2D eigenvalue weighted by Crippen LogP contribution is -2.04. The standard InChI is InChI=1S/C23H26N2O3/c1-18(27)23-24-13-15-25(23)14-2-4-19-5-7-20(8-6-19)21-9-11-22(12-10-21)28-17-3-16-26/h2,4-13,15,18,26-27H,3,14,16-17H2,1H3/b4-2+. The van der Waals surface area contributed by atoms with E-state index in [2.05, 4.69) is 41.4 Å². The molecule has 0 aliphatic rings. The van der Waals surface area contributed by atoms with Crippen molar-refractivity contribution in [2.75, 3.05) is 13.2 Å². The average Bonchev–Trinajstić information content (AvgIpc) is 3.18. The van der Waals surface area contributed by atoms with Crippen molar-refractivity contribution in [2.24, 2.45) is 0 Å². The van der Waals surface area contributed by atoms with Crippen LogP contribution in [0.25, 0.3) is 17.2 Å². The molecule has 0 aliphatic heterocycles. The SMILES string of the molecule is CC(O)c1nccn1C/C=C/c1ccc(-c2ccc(OCCCO)cc2)cc1. The summed E-state index contributed by atoms with van der Waals surface area (Å²) in [7, 11) is 0. The molecule has 1 unspecified atom stereocenters. The number of imidazole rings is 1. The molecule has 3 rings (SSSR count). The smallest absolute Gasteiger partial charge is 0.137 e. The Morgan fingerprint density at radius 2 is 1.75 bits per heavy atom. The summed E-state index contributed by atoms with van der Waals surface area (Å²) in [4.78, 5) is 4.17. The van der Waals surface area contributed by atoms with E-state index >= 15 is 0 Å². The van der Waals surface area contributed by atoms with E-state index in [0.29, 0.717) is 25.4 Å². The molecule has 0 saturated heterocycles. The van der Waals surface area contributed by atoms with E-state index in [1.54, 1.807) is 13.1 Å². The van der Waals surface area contributed by atoms with Crippen LogP contribution in [-0.2, 0) is 6.54 Å². The Labute approximate surface area is 165 Å². The lowest BCUT2D eigenvalue weighted by molar-refractivity contribution is 0.184. The van der Waals surface area contributed by atoms with E-state index in [9.17, 15) is 5.11 Å². The predicted octanol–water partition coefficient (Wildman–Crippen LogP) is 4.08. The summed E-state index contributed by atoms with van der Waals surface area (Å²) in [5, 5.41) is 18.5. The Kier molecular flexibility index (Phi) is 7.00. The highest BCUT2D eigenvalue weighted by molar-refractivity contribution is 5.66. The monoisotopic (exact) mass is 378 g/mol. The number of aromatic nitrogens is 2. The number of hydrogen-bond acceptors (Lipinski definition) is 4. The van der Waals surface area contributed by atoms with Crippen molar-refractivity contribution in [3.05, 3.63) is 78.4 Å². The maximum absolute atomic E-state index is 9.69. The van der Waals surface area contributed by atoms with Gasteiger partial charge in [0.15, 0.2) is 0 Å². The third-order valence-corrected chi connectivity index (χ3v) is 4.40. The minimum absolute atomic E-state index is 0.142. The van der Waals surface area contributed by atoms with Gasteiger partial charge >= 0.3 is 0 Å². The lowest BCUT2D eigenvalue weighted by Gasteiger charge is -2.07. The van der Waals surface area contributed by atoms with E-state index in [4.69, 9.17) is 9.84 Å². The first-order valence-electron chi connectivity index (χ1n) is 9.47. The second kappa shape index (κ2) is 9.88. The summed E-state index contributed by atoms with van der Waals surface area (Å²) in [6.45, 7) is 3.05. The second-order valence-electron chi connectivity index (χ2n) is 6.59. The summed E-state index contributed by atoms with van der Waals surface area (Å²) in [5.41, 5.74) is 3.39. The number of allylic oxidation sites excluding steroid dienone is 1. The zero-order valence-electron chi connectivity index (χ0n) is 16.0. The van der Waals surface area contributed by atoms with Gasteiger partial charge in [-0.25, -0.2) is 4.98 Å². The van der Waals surface area contributed by atoms with Crippen LogP contribution in [0.4, 0.5) is 0 Å². The number of hydrogen-bond donors (Lipinski definition) is 2. The number of aliphatic hydroxyl groups is 2. The van der Waals surface area contributed by atoms with Gasteiger partial charge in [0.1, 0.15) is 17.7 Å². The van der Waals surface area contributed by atoms with Gasteiger partial charge in [0.25, 0.3) is 0 Å². The lowest BCUT2D eigenvalue weighted by atomic mass is 10.0. The van der Waals surface area contributed by atoms with Crippen molar-refractivity contribution in [2.45, 2.75) is 26.0 Å². The minimum atomic E-state index is -0.575. The molecule has 0 spiro atoms. The molecule has 2 N–H and O–H groups in total. The molecule has 146 valence electrons. The second-order valence-corrected chi connectivity index (χ2v) is 6.59. The van der Waals surface area contributed by atoms with Crippen LogP contribution in [-0.4, -0.2) is 33.0 Å². The maximum Gasteiger partial charge on any atom is 0.137 e. The molecule has 0 saturated carbocycles. The third-order valence-electron chi connectivity index (χ3n) is 4.40. The van der Waals surface area contributed by atoms with E-state index in [0.717, 1.165) is 22.4 Å². The number of ether oxygens (including phenoxy) is 1. The fourth-order valence-corrected chi connectivity index (χ4v) is 2.93. The van der Waals surface area contributed by atoms with Crippen molar-refractivity contribution in [1.29, 1.82) is 0 Å². The number of nitrogens with zero attached hydrogens (tertiary/aromatic N) is 2. The first-order valence-corrected chi connectivity index (χ1v) is 9.47. The third kappa shape index (κ3) is 5.31. The summed E-state index contributed by atoms with van der Waals surface area (Å²) < 4.78 is 7.49. The predicted molar refractivity (Wildman–Crippen MR) is 111 cm³/mol. The van der Waals surface area contributed by atoms with Crippen molar-refractivity contribution in [1.82, 2.24) is 9.55 Å². The number of aliphatic hydroxyl groups excluding tert-OH is 2. The number of benzene rings is 2. The molecule has 0 aliphatic carbocycles. The van der Waals surface area contributed by atoms with Crippen LogP contribution in [0.3, 0.4) is 0 Å². The van der Waals surface area contributed by atoms with Gasteiger partial charge in [0.2, 0.25) is 0 Å². The molecule has 5 heteroatoms. The van der Waals surface area contributed by atoms with Crippen LogP contribution in [0.15, 0.2) is 67.0 Å². The van der Waals surface area contributed by atoms with Crippen molar-refractivity contribution in [3.8, 4) is 16.9 Å². The van der Waals surface area contributed by atoms with E-state index < -0.39 is 6.10 Å². The van der Waals surface area contributed by atoms with Gasteiger partial charge in [0.05, 0.1) is 6.61 Å². The van der Waals surface area contributed by atoms with Gasteiger partial charge in [-0.05, 0) is 35.7 Å². The molecule has 0 radical (unpaired) electrons. The highest BCUT2D eigenvalue weighted by Gasteiger charge is 2.06. The molecule has 3 aromatic rings. The van der Waals surface area contributed by atoms with E-state index in [1.165, 1.54) is 0 Å². The molecular formula is C23H26N2O3. The summed E-state index contributed by atoms with van der Waals surface area (Å²) in [5.74, 6) is 1.48. The Hall–Kier alpha value is -2.89. The molecule has 1 atom stereocenters. The van der Waals surface area contributed by atoms with Crippen LogP contribution in [0.1, 0.15) is 30.8 Å². The Morgan fingerprint density at radius 3 is 2.39 bits per heavy atom. The number of rotatable bonds is 9. The molecule has 2 aromatic carbocycles. The van der Waals surface area contributed by atoms with Gasteiger partial charge < -0.3 is 19.5 Å². The fourth-order valence-electron chi connectivity index (χ4n) is 2.93. The van der Waals surface area contributed by atoms with Crippen molar-refractivity contribution in [3.63, 3.8) is 0 Å². The van der Waals surface area contributed by atoms with Crippen LogP contribution in [0.5, 0.6) is 5.75 Å². The summed E-state index contributed by atoms with van der Waals surface area (Å²) in [6, 6.07) is 16.3. The fraction of sp³-hybridized carbons (Fsp3) is 0.261. The molecular weight excluding hydrogens is 352 g/mol. The molecule has 0 amide bonds. The van der Waals surface area contributed by atoms with Gasteiger partial charge in [-0.3, -0.25) is 0 Å². The molecule has 1 heterocycles. The Morgan fingerprint density at radius 1 is 1.07 bits per heavy atom. The quantitative estimate of drug-likeness (QED) is 0.551. The highest BCUT2D eigenvalue weighted by Crippen LogP contribution is 2.23. The van der Waals surface area contributed by atoms with Crippen LogP contribution >= 0.6 is 0 Å². The largest absolute Gasteiger partial charge is 0.494 e. The average molecular weight is 378 g/mol. The molecule has 0 bridgehead atoms. The van der Waals surface area contributed by atoms with E-state index in [-0.39, 0.29) is 6.61 Å². The minimum Gasteiger partial charge on any atom is -0.494 e. The van der Waals surface area contributed by atoms with Gasteiger partial charge in [-0.2, -0.15) is 0 Å². The Bertz CT molecular complexity index is 881. The van der Waals surface area contributed by atoms with Crippen molar-refractivity contribution < 1.29 is 14.9 Å². The van der Waals surface area contributed by atoms with Gasteiger partial charge in [-0.15, -0.1) is 0 Å². The summed E-state index contributed by atoms with van der Waals surface area (Å²) >= 11 is 0. The first kappa shape index (κ1) is 19.9. The van der Waals surface area contributed by atoms with Crippen LogP contribution < -0.4 is 4.74 Å². The molecule has 0 fully saturated rings. The van der Waals surface area contributed by atoms with Crippen LogP contribution in [0.2, 0.25) is 0 Å². The topological polar surface area (TPSA) is 67.5 Å². The Balaban J connectivity index is 1.59. The molecule has 5 nitrogen and oxygen atoms in total.